The maximum Gasteiger partial charge on any atom is 1.00 e. The smallest absolute Gasteiger partial charge is 0.872 e. The van der Waals surface area contributed by atoms with E-state index in [1.54, 1.807) is 18.2 Å². The molecule has 7 heteroatoms. The first-order chi connectivity index (χ1) is 11.9. The summed E-state index contributed by atoms with van der Waals surface area (Å²) in [5.41, 5.74) is 0.907. The van der Waals surface area contributed by atoms with Crippen molar-refractivity contribution in [2.75, 3.05) is 0 Å². The van der Waals surface area contributed by atoms with E-state index in [0.717, 1.165) is 24.8 Å². The van der Waals surface area contributed by atoms with Gasteiger partial charge in [0, 0.05) is 6.07 Å². The Labute approximate surface area is 198 Å². The molecule has 5 nitrogen and oxygen atoms in total. The number of aryl methyl sites for hydroxylation is 1. The zero-order chi connectivity index (χ0) is 18.3. The predicted octanol–water partition coefficient (Wildman–Crippen LogP) is 1.32. The van der Waals surface area contributed by atoms with E-state index in [4.69, 9.17) is 9.29 Å². The van der Waals surface area contributed by atoms with Crippen LogP contribution in [0.15, 0.2) is 47.4 Å². The van der Waals surface area contributed by atoms with Gasteiger partial charge in [-0.3, -0.25) is 4.55 Å². The van der Waals surface area contributed by atoms with Crippen LogP contribution < -0.4 is 61.2 Å². The second-order valence-electron chi connectivity index (χ2n) is 6.03. The van der Waals surface area contributed by atoms with Gasteiger partial charge in [0.2, 0.25) is 0 Å². The molecule has 0 radical (unpaired) electrons. The standard InChI is InChI=1S/C19H24O5S.K/c1-2-3-4-5-6-8-15-11-16(20)13-18(12-15)24-17-9-7-10-19(14-17)25(21,22)23;/h7,9-14,20H,2-6,8H2,1H3,(H,21,22,23);/q;+1/p-1. The van der Waals surface area contributed by atoms with E-state index in [0.29, 0.717) is 5.75 Å². The van der Waals surface area contributed by atoms with Crippen LogP contribution in [0.1, 0.15) is 44.6 Å². The number of benzene rings is 2. The maximum absolute atomic E-state index is 11.8. The summed E-state index contributed by atoms with van der Waals surface area (Å²) in [5, 5.41) is 11.8. The minimum absolute atomic E-state index is 0. The van der Waals surface area contributed by atoms with Crippen LogP contribution in [0.4, 0.5) is 0 Å². The van der Waals surface area contributed by atoms with Gasteiger partial charge in [-0.1, -0.05) is 44.7 Å². The molecule has 0 atom stereocenters. The van der Waals surface area contributed by atoms with Crippen LogP contribution in [-0.2, 0) is 16.5 Å². The van der Waals surface area contributed by atoms with E-state index >= 15 is 0 Å². The van der Waals surface area contributed by atoms with Crippen molar-refractivity contribution in [1.29, 1.82) is 0 Å². The van der Waals surface area contributed by atoms with Gasteiger partial charge in [0.25, 0.3) is 10.1 Å². The molecular formula is C19H23KO5S. The minimum atomic E-state index is -4.30. The molecule has 0 aliphatic carbocycles. The second kappa shape index (κ2) is 11.4. The van der Waals surface area contributed by atoms with E-state index in [1.165, 1.54) is 43.5 Å². The van der Waals surface area contributed by atoms with Crippen LogP contribution in [0, 0.1) is 0 Å². The van der Waals surface area contributed by atoms with Gasteiger partial charge in [-0.05, 0) is 42.7 Å². The third-order valence-electron chi connectivity index (χ3n) is 3.85. The van der Waals surface area contributed by atoms with Crippen LogP contribution in [-0.4, -0.2) is 13.0 Å². The van der Waals surface area contributed by atoms with Gasteiger partial charge in [-0.2, -0.15) is 8.42 Å². The van der Waals surface area contributed by atoms with Crippen molar-refractivity contribution in [2.24, 2.45) is 0 Å². The third kappa shape index (κ3) is 8.08. The maximum atomic E-state index is 11.8. The zero-order valence-corrected chi connectivity index (χ0v) is 19.2. The molecule has 0 bridgehead atoms. The summed E-state index contributed by atoms with van der Waals surface area (Å²) in [6.07, 6.45) is 6.56. The average molecular weight is 403 g/mol. The predicted molar refractivity (Wildman–Crippen MR) is 94.7 cm³/mol. The topological polar surface area (TPSA) is 86.7 Å². The van der Waals surface area contributed by atoms with Crippen LogP contribution in [0.5, 0.6) is 17.2 Å². The minimum Gasteiger partial charge on any atom is -0.872 e. The fourth-order valence-electron chi connectivity index (χ4n) is 2.60. The normalized spacial score (nSPS) is 11.0. The van der Waals surface area contributed by atoms with Crippen molar-refractivity contribution in [2.45, 2.75) is 50.3 Å². The Bertz CT molecular complexity index is 805. The fourth-order valence-corrected chi connectivity index (χ4v) is 3.12. The van der Waals surface area contributed by atoms with Gasteiger partial charge in [-0.15, -0.1) is 5.75 Å². The average Bonchev–Trinajstić information content (AvgIpc) is 2.53. The fraction of sp³-hybridized carbons (Fsp3) is 0.368. The molecule has 0 fully saturated rings. The molecule has 0 saturated carbocycles. The molecule has 1 N–H and O–H groups in total. The Hall–Kier alpha value is -0.414. The number of unbranched alkanes of at least 4 members (excludes halogenated alkanes) is 4. The molecule has 0 aliphatic heterocycles. The Morgan fingerprint density at radius 3 is 2.42 bits per heavy atom. The molecule has 0 spiro atoms. The van der Waals surface area contributed by atoms with Crippen molar-refractivity contribution in [3.05, 3.63) is 48.0 Å². The molecule has 2 rings (SSSR count). The largest absolute Gasteiger partial charge is 1.00 e. The molecule has 136 valence electrons. The number of rotatable bonds is 9. The molecular weight excluding hydrogens is 379 g/mol. The van der Waals surface area contributed by atoms with Crippen molar-refractivity contribution >= 4 is 10.1 Å². The molecule has 0 aliphatic rings. The monoisotopic (exact) mass is 402 g/mol. The quantitative estimate of drug-likeness (QED) is 0.388. The van der Waals surface area contributed by atoms with E-state index in [2.05, 4.69) is 6.92 Å². The van der Waals surface area contributed by atoms with Crippen molar-refractivity contribution in [3.63, 3.8) is 0 Å². The summed E-state index contributed by atoms with van der Waals surface area (Å²) in [7, 11) is -4.30. The first-order valence-electron chi connectivity index (χ1n) is 8.45. The van der Waals surface area contributed by atoms with Gasteiger partial charge in [-0.25, -0.2) is 0 Å². The third-order valence-corrected chi connectivity index (χ3v) is 4.70. The number of hydrogen-bond donors (Lipinski definition) is 1. The second-order valence-corrected chi connectivity index (χ2v) is 7.45. The van der Waals surface area contributed by atoms with E-state index in [9.17, 15) is 13.5 Å². The molecule has 0 amide bonds. The molecule has 0 heterocycles. The Balaban J connectivity index is 0.00000338. The zero-order valence-electron chi connectivity index (χ0n) is 15.3. The molecule has 0 unspecified atom stereocenters. The number of ether oxygens (including phenoxy) is 1. The van der Waals surface area contributed by atoms with Crippen molar-refractivity contribution in [3.8, 4) is 17.2 Å². The van der Waals surface area contributed by atoms with Crippen LogP contribution in [0.2, 0.25) is 0 Å². The van der Waals surface area contributed by atoms with Crippen molar-refractivity contribution < 1.29 is 74.2 Å². The van der Waals surface area contributed by atoms with E-state index in [-0.39, 0.29) is 67.8 Å². The SMILES string of the molecule is CCCCCCCc1cc([O-])cc(Oc2cccc(S(=O)(=O)O)c2)c1.[K+]. The summed E-state index contributed by atoms with van der Waals surface area (Å²) in [6, 6.07) is 10.3. The molecule has 2 aromatic carbocycles. The van der Waals surface area contributed by atoms with Gasteiger partial charge in [0.1, 0.15) is 11.5 Å². The summed E-state index contributed by atoms with van der Waals surface area (Å²) in [4.78, 5) is -0.251. The summed E-state index contributed by atoms with van der Waals surface area (Å²) in [6.45, 7) is 2.17. The van der Waals surface area contributed by atoms with Gasteiger partial charge < -0.3 is 9.84 Å². The van der Waals surface area contributed by atoms with E-state index < -0.39 is 10.1 Å². The molecule has 26 heavy (non-hydrogen) atoms. The summed E-state index contributed by atoms with van der Waals surface area (Å²) < 4.78 is 37.1. The number of hydrogen-bond acceptors (Lipinski definition) is 4. The summed E-state index contributed by atoms with van der Waals surface area (Å²) in [5.74, 6) is 0.463. The van der Waals surface area contributed by atoms with Gasteiger partial charge in [0.15, 0.2) is 0 Å². The summed E-state index contributed by atoms with van der Waals surface area (Å²) >= 11 is 0. The van der Waals surface area contributed by atoms with Crippen LogP contribution in [0.25, 0.3) is 0 Å². The van der Waals surface area contributed by atoms with Crippen molar-refractivity contribution in [1.82, 2.24) is 0 Å². The molecule has 0 saturated heterocycles. The van der Waals surface area contributed by atoms with Crippen LogP contribution >= 0.6 is 0 Å². The molecule has 0 aromatic heterocycles. The Morgan fingerprint density at radius 2 is 1.73 bits per heavy atom. The molecule has 2 aromatic rings. The first-order valence-corrected chi connectivity index (χ1v) is 9.89. The Kier molecular flexibility index (Phi) is 10.4. The van der Waals surface area contributed by atoms with Gasteiger partial charge in [0.05, 0.1) is 4.90 Å². The van der Waals surface area contributed by atoms with Gasteiger partial charge >= 0.3 is 51.4 Å². The van der Waals surface area contributed by atoms with E-state index in [1.807, 2.05) is 0 Å². The Morgan fingerprint density at radius 1 is 1.00 bits per heavy atom. The first kappa shape index (κ1) is 23.6. The van der Waals surface area contributed by atoms with Crippen LogP contribution in [0.3, 0.4) is 0 Å².